The largest absolute Gasteiger partial charge is 0.481 e. The third kappa shape index (κ3) is 5.90. The molecule has 2 N–H and O–H groups in total. The number of likely N-dealkylation sites (N-methyl/N-ethyl adjacent to an activating group) is 2. The van der Waals surface area contributed by atoms with Crippen molar-refractivity contribution in [3.63, 3.8) is 0 Å². The minimum Gasteiger partial charge on any atom is -0.481 e. The number of nitrogens with zero attached hydrogens (tertiary/aromatic N) is 2. The molecular weight excluding hydrogens is 198 g/mol. The van der Waals surface area contributed by atoms with Crippen molar-refractivity contribution in [2.24, 2.45) is 0 Å². The second-order valence-corrected chi connectivity index (χ2v) is 3.37. The van der Waals surface area contributed by atoms with E-state index >= 15 is 0 Å². The Balaban J connectivity index is 3.90. The van der Waals surface area contributed by atoms with Gasteiger partial charge in [-0.25, -0.2) is 4.79 Å². The Kier molecular flexibility index (Phi) is 6.44. The Morgan fingerprint density at radius 2 is 1.73 bits per heavy atom. The highest BCUT2D eigenvalue weighted by atomic mass is 16.4. The molecule has 6 nitrogen and oxygen atoms in total. The summed E-state index contributed by atoms with van der Waals surface area (Å²) < 4.78 is 0. The van der Waals surface area contributed by atoms with Crippen molar-refractivity contribution in [2.75, 3.05) is 40.8 Å². The van der Waals surface area contributed by atoms with Gasteiger partial charge in [0, 0.05) is 33.7 Å². The first-order valence-electron chi connectivity index (χ1n) is 4.81. The molecule has 0 unspecified atom stereocenters. The average Bonchev–Trinajstić information content (AvgIpc) is 2.21. The number of hydrogen-bond donors (Lipinski definition) is 2. The molecule has 0 fully saturated rings. The van der Waals surface area contributed by atoms with E-state index in [1.165, 1.54) is 4.90 Å². The summed E-state index contributed by atoms with van der Waals surface area (Å²) in [5, 5.41) is 11.4. The van der Waals surface area contributed by atoms with E-state index in [2.05, 4.69) is 5.32 Å². The van der Waals surface area contributed by atoms with E-state index in [0.29, 0.717) is 6.54 Å². The monoisotopic (exact) mass is 217 g/mol. The van der Waals surface area contributed by atoms with E-state index in [0.717, 1.165) is 6.54 Å². The van der Waals surface area contributed by atoms with Gasteiger partial charge in [0.15, 0.2) is 0 Å². The molecule has 0 saturated heterocycles. The number of aliphatic carboxylic acids is 1. The van der Waals surface area contributed by atoms with Gasteiger partial charge in [-0.15, -0.1) is 0 Å². The minimum absolute atomic E-state index is 0.0257. The number of hydrogen-bond acceptors (Lipinski definition) is 3. The molecule has 0 saturated carbocycles. The highest BCUT2D eigenvalue weighted by Gasteiger charge is 2.13. The number of carbonyl (C=O) groups is 2. The number of nitrogens with one attached hydrogen (secondary N) is 1. The molecule has 0 aliphatic rings. The molecule has 0 rings (SSSR count). The first-order valence-corrected chi connectivity index (χ1v) is 4.81. The lowest BCUT2D eigenvalue weighted by Gasteiger charge is -2.24. The Morgan fingerprint density at radius 1 is 1.20 bits per heavy atom. The van der Waals surface area contributed by atoms with Crippen LogP contribution in [0.3, 0.4) is 0 Å². The molecule has 0 aromatic rings. The van der Waals surface area contributed by atoms with Crippen LogP contribution in [-0.4, -0.2) is 67.7 Å². The summed E-state index contributed by atoms with van der Waals surface area (Å²) in [4.78, 5) is 24.9. The maximum atomic E-state index is 11.6. The fraction of sp³-hybridized carbons (Fsp3) is 0.778. The van der Waals surface area contributed by atoms with Crippen LogP contribution in [0.5, 0.6) is 0 Å². The number of carbonyl (C=O) groups excluding carboxylic acids is 1. The second-order valence-electron chi connectivity index (χ2n) is 3.37. The number of carboxylic acid groups (broad SMARTS) is 1. The van der Waals surface area contributed by atoms with E-state index in [9.17, 15) is 9.59 Å². The molecular formula is C9H19N3O3. The number of urea groups is 1. The Morgan fingerprint density at radius 3 is 2.20 bits per heavy atom. The average molecular weight is 217 g/mol. The zero-order chi connectivity index (χ0) is 11.8. The molecule has 0 aromatic heterocycles. The molecule has 6 heteroatoms. The molecule has 0 aliphatic carbocycles. The molecule has 0 spiro atoms. The highest BCUT2D eigenvalue weighted by Crippen LogP contribution is 1.95. The lowest BCUT2D eigenvalue weighted by molar-refractivity contribution is -0.137. The van der Waals surface area contributed by atoms with E-state index in [4.69, 9.17) is 5.11 Å². The molecule has 0 heterocycles. The summed E-state index contributed by atoms with van der Waals surface area (Å²) in [7, 11) is 5.10. The van der Waals surface area contributed by atoms with Gasteiger partial charge < -0.3 is 20.2 Å². The summed E-state index contributed by atoms with van der Waals surface area (Å²) in [6, 6.07) is -0.161. The van der Waals surface area contributed by atoms with E-state index in [-0.39, 0.29) is 19.0 Å². The fourth-order valence-electron chi connectivity index (χ4n) is 1.03. The van der Waals surface area contributed by atoms with Gasteiger partial charge in [-0.3, -0.25) is 4.79 Å². The maximum Gasteiger partial charge on any atom is 0.319 e. The molecule has 0 bridgehead atoms. The standard InChI is InChI=1S/C9H19N3O3/c1-10-5-7-12(3)9(15)11(2)6-4-8(13)14/h10H,4-7H2,1-3H3,(H,13,14). The van der Waals surface area contributed by atoms with Crippen molar-refractivity contribution >= 4 is 12.0 Å². The van der Waals surface area contributed by atoms with Crippen molar-refractivity contribution < 1.29 is 14.7 Å². The van der Waals surface area contributed by atoms with Gasteiger partial charge in [0.05, 0.1) is 6.42 Å². The van der Waals surface area contributed by atoms with Gasteiger partial charge in [0.25, 0.3) is 0 Å². The van der Waals surface area contributed by atoms with Crippen LogP contribution < -0.4 is 5.32 Å². The summed E-state index contributed by atoms with van der Waals surface area (Å²) >= 11 is 0. The summed E-state index contributed by atoms with van der Waals surface area (Å²) in [5.74, 6) is -0.896. The van der Waals surface area contributed by atoms with E-state index in [1.54, 1.807) is 19.0 Å². The SMILES string of the molecule is CNCCN(C)C(=O)N(C)CCC(=O)O. The van der Waals surface area contributed by atoms with Crippen molar-refractivity contribution in [1.82, 2.24) is 15.1 Å². The van der Waals surface area contributed by atoms with Gasteiger partial charge >= 0.3 is 12.0 Å². The molecule has 0 aromatic carbocycles. The second kappa shape index (κ2) is 7.05. The Labute approximate surface area is 89.8 Å². The van der Waals surface area contributed by atoms with Crippen molar-refractivity contribution in [2.45, 2.75) is 6.42 Å². The van der Waals surface area contributed by atoms with Gasteiger partial charge in [0.2, 0.25) is 0 Å². The number of rotatable bonds is 6. The summed E-state index contributed by atoms with van der Waals surface area (Å²) in [6.07, 6.45) is -0.0257. The Hall–Kier alpha value is -1.30. The normalized spacial score (nSPS) is 9.80. The minimum atomic E-state index is -0.896. The third-order valence-electron chi connectivity index (χ3n) is 2.01. The van der Waals surface area contributed by atoms with Gasteiger partial charge in [-0.05, 0) is 7.05 Å². The molecule has 0 aliphatic heterocycles. The van der Waals surface area contributed by atoms with Crippen LogP contribution in [0.15, 0.2) is 0 Å². The zero-order valence-corrected chi connectivity index (χ0v) is 9.49. The van der Waals surface area contributed by atoms with Crippen LogP contribution in [-0.2, 0) is 4.79 Å². The van der Waals surface area contributed by atoms with Gasteiger partial charge in [0.1, 0.15) is 0 Å². The smallest absolute Gasteiger partial charge is 0.319 e. The molecule has 88 valence electrons. The van der Waals surface area contributed by atoms with Gasteiger partial charge in [-0.2, -0.15) is 0 Å². The van der Waals surface area contributed by atoms with Crippen molar-refractivity contribution in [1.29, 1.82) is 0 Å². The van der Waals surface area contributed by atoms with E-state index in [1.807, 2.05) is 7.05 Å². The maximum absolute atomic E-state index is 11.6. The molecule has 15 heavy (non-hydrogen) atoms. The molecule has 0 radical (unpaired) electrons. The van der Waals surface area contributed by atoms with Crippen LogP contribution in [0.2, 0.25) is 0 Å². The van der Waals surface area contributed by atoms with Crippen LogP contribution in [0, 0.1) is 0 Å². The first-order chi connectivity index (χ1) is 6.99. The predicted molar refractivity (Wildman–Crippen MR) is 56.8 cm³/mol. The van der Waals surface area contributed by atoms with Crippen LogP contribution in [0.4, 0.5) is 4.79 Å². The number of carboxylic acids is 1. The quantitative estimate of drug-likeness (QED) is 0.638. The van der Waals surface area contributed by atoms with Crippen molar-refractivity contribution in [3.05, 3.63) is 0 Å². The third-order valence-corrected chi connectivity index (χ3v) is 2.01. The lowest BCUT2D eigenvalue weighted by atomic mass is 10.4. The van der Waals surface area contributed by atoms with Gasteiger partial charge in [-0.1, -0.05) is 0 Å². The first kappa shape index (κ1) is 13.7. The van der Waals surface area contributed by atoms with E-state index < -0.39 is 5.97 Å². The lowest BCUT2D eigenvalue weighted by Crippen LogP contribution is -2.42. The van der Waals surface area contributed by atoms with Crippen LogP contribution in [0.25, 0.3) is 0 Å². The van der Waals surface area contributed by atoms with Crippen LogP contribution >= 0.6 is 0 Å². The summed E-state index contributed by atoms with van der Waals surface area (Å²) in [5.41, 5.74) is 0. The predicted octanol–water partition coefficient (Wildman–Crippen LogP) is -0.336. The highest BCUT2D eigenvalue weighted by molar-refractivity contribution is 5.74. The Bertz CT molecular complexity index is 221. The number of amides is 2. The summed E-state index contributed by atoms with van der Waals surface area (Å²) in [6.45, 7) is 1.56. The molecule has 0 atom stereocenters. The molecule has 2 amide bonds. The van der Waals surface area contributed by atoms with Crippen molar-refractivity contribution in [3.8, 4) is 0 Å². The fourth-order valence-corrected chi connectivity index (χ4v) is 1.03. The zero-order valence-electron chi connectivity index (χ0n) is 9.49. The topological polar surface area (TPSA) is 72.9 Å². The van der Waals surface area contributed by atoms with Crippen LogP contribution in [0.1, 0.15) is 6.42 Å².